The maximum atomic E-state index is 14.1. The van der Waals surface area contributed by atoms with Gasteiger partial charge in [-0.1, -0.05) is 61.6 Å². The largest absolute Gasteiger partial charge is 0.460 e. The molecule has 0 heterocycles. The van der Waals surface area contributed by atoms with Crippen LogP contribution in [0.1, 0.15) is 51.9 Å². The van der Waals surface area contributed by atoms with Crippen molar-refractivity contribution >= 4 is 22.6 Å². The summed E-state index contributed by atoms with van der Waals surface area (Å²) >= 11 is 1.16. The molecule has 0 bridgehead atoms. The van der Waals surface area contributed by atoms with E-state index in [-0.39, 0.29) is 12.8 Å². The molecule has 2 unspecified atom stereocenters. The molecule has 0 radical (unpaired) electrons. The van der Waals surface area contributed by atoms with E-state index in [1.807, 2.05) is 6.92 Å². The normalized spacial score (nSPS) is 17.9. The van der Waals surface area contributed by atoms with Crippen molar-refractivity contribution < 1.29 is 48.3 Å². The predicted molar refractivity (Wildman–Crippen MR) is 81.6 cm³/mol. The second-order valence-corrected chi connectivity index (χ2v) is 7.71. The van der Waals surface area contributed by atoms with Crippen LogP contribution in [-0.4, -0.2) is 33.8 Å². The summed E-state index contributed by atoms with van der Waals surface area (Å²) in [5, 5.41) is 0. The molecule has 12 heteroatoms. The van der Waals surface area contributed by atoms with E-state index in [9.17, 15) is 48.3 Å². The van der Waals surface area contributed by atoms with Crippen molar-refractivity contribution in [2.45, 2.75) is 85.7 Å². The molecule has 0 aliphatic heterocycles. The van der Waals surface area contributed by atoms with Crippen LogP contribution >= 0.6 is 22.6 Å². The molecular weight excluding hydrogens is 504 g/mol. The van der Waals surface area contributed by atoms with E-state index < -0.39 is 40.2 Å². The van der Waals surface area contributed by atoms with Gasteiger partial charge in [-0.15, -0.1) is 0 Å². The van der Waals surface area contributed by atoms with Crippen LogP contribution in [0.25, 0.3) is 0 Å². The van der Waals surface area contributed by atoms with Gasteiger partial charge in [0.1, 0.15) is 0 Å². The van der Waals surface area contributed by atoms with Gasteiger partial charge >= 0.3 is 24.2 Å². The van der Waals surface area contributed by atoms with Gasteiger partial charge in [-0.3, -0.25) is 0 Å². The van der Waals surface area contributed by atoms with E-state index in [1.54, 1.807) is 0 Å². The zero-order valence-corrected chi connectivity index (χ0v) is 15.7. The summed E-state index contributed by atoms with van der Waals surface area (Å²) in [5.74, 6) is -14.2. The quantitative estimate of drug-likeness (QED) is 0.120. The Morgan fingerprint density at radius 3 is 1.50 bits per heavy atom. The van der Waals surface area contributed by atoms with Crippen LogP contribution in [0.5, 0.6) is 0 Å². The van der Waals surface area contributed by atoms with Gasteiger partial charge in [0.15, 0.2) is 0 Å². The van der Waals surface area contributed by atoms with Crippen molar-refractivity contribution in [3.05, 3.63) is 0 Å². The summed E-state index contributed by atoms with van der Waals surface area (Å²) in [5.41, 5.74) is -6.02. The van der Waals surface area contributed by atoms with Crippen LogP contribution in [0.4, 0.5) is 48.3 Å². The van der Waals surface area contributed by atoms with Crippen molar-refractivity contribution in [2.24, 2.45) is 0 Å². The highest BCUT2D eigenvalue weighted by atomic mass is 127. The summed E-state index contributed by atoms with van der Waals surface area (Å²) < 4.78 is 140. The summed E-state index contributed by atoms with van der Waals surface area (Å²) in [4.78, 5) is 0. The third-order valence-electron chi connectivity index (χ3n) is 3.82. The number of hydrogen-bond acceptors (Lipinski definition) is 0. The summed E-state index contributed by atoms with van der Waals surface area (Å²) in [7, 11) is 0. The fourth-order valence-electron chi connectivity index (χ4n) is 2.23. The summed E-state index contributed by atoms with van der Waals surface area (Å²) in [6.45, 7) is 1.88. The van der Waals surface area contributed by atoms with E-state index in [2.05, 4.69) is 0 Å². The van der Waals surface area contributed by atoms with Crippen LogP contribution in [0.15, 0.2) is 0 Å². The van der Waals surface area contributed by atoms with E-state index in [1.165, 1.54) is 0 Å². The minimum absolute atomic E-state index is 0.211. The lowest BCUT2D eigenvalue weighted by Gasteiger charge is -2.40. The number of rotatable bonds is 10. The monoisotopic (exact) mass is 522 g/mol. The van der Waals surface area contributed by atoms with E-state index >= 15 is 0 Å². The Bertz CT molecular complexity index is 430. The van der Waals surface area contributed by atoms with Gasteiger partial charge in [-0.2, -0.15) is 43.9 Å². The Labute approximate surface area is 157 Å². The number of halogens is 12. The van der Waals surface area contributed by atoms with Crippen LogP contribution in [-0.2, 0) is 0 Å². The Balaban J connectivity index is 5.47. The van der Waals surface area contributed by atoms with E-state index in [4.69, 9.17) is 0 Å². The number of unbranched alkanes of at least 4 members (excludes halogenated alkanes) is 4. The first-order valence-corrected chi connectivity index (χ1v) is 8.92. The second-order valence-electron chi connectivity index (χ2n) is 5.95. The number of hydrogen-bond donors (Lipinski definition) is 0. The molecule has 0 rings (SSSR count). The maximum absolute atomic E-state index is 14.1. The fourth-order valence-corrected chi connectivity index (χ4v) is 3.27. The average Bonchev–Trinajstić information content (AvgIpc) is 2.44. The van der Waals surface area contributed by atoms with E-state index in [0.29, 0.717) is 12.8 Å². The molecule has 0 nitrogen and oxygen atoms in total. The van der Waals surface area contributed by atoms with Gasteiger partial charge in [0.2, 0.25) is 0 Å². The van der Waals surface area contributed by atoms with Gasteiger partial charge in [-0.05, 0) is 6.42 Å². The zero-order valence-electron chi connectivity index (χ0n) is 13.6. The molecule has 2 atom stereocenters. The molecule has 26 heavy (non-hydrogen) atoms. The lowest BCUT2D eigenvalue weighted by atomic mass is 9.86. The molecule has 0 amide bonds. The molecule has 0 aromatic heterocycles. The highest BCUT2D eigenvalue weighted by Crippen LogP contribution is 2.59. The van der Waals surface area contributed by atoms with Gasteiger partial charge in [0, 0.05) is 10.3 Å². The first-order valence-electron chi connectivity index (χ1n) is 7.67. The van der Waals surface area contributed by atoms with Gasteiger partial charge in [0.25, 0.3) is 5.67 Å². The van der Waals surface area contributed by atoms with Crippen molar-refractivity contribution in [3.8, 4) is 0 Å². The molecular formula is C14H18F11I. The lowest BCUT2D eigenvalue weighted by molar-refractivity contribution is -0.412. The Hall–Kier alpha value is -0.0400. The third-order valence-corrected chi connectivity index (χ3v) is 4.88. The highest BCUT2D eigenvalue weighted by molar-refractivity contribution is 14.1. The Morgan fingerprint density at radius 1 is 0.654 bits per heavy atom. The smallest absolute Gasteiger partial charge is 0.227 e. The SMILES string of the molecule is CCCCCCCC(I)CC(F)(C(F)(F)F)C(F)(F)C(F)(F)C(F)(F)F. The maximum Gasteiger partial charge on any atom is 0.460 e. The molecule has 158 valence electrons. The van der Waals surface area contributed by atoms with Crippen LogP contribution in [0.2, 0.25) is 0 Å². The van der Waals surface area contributed by atoms with Crippen molar-refractivity contribution in [1.29, 1.82) is 0 Å². The van der Waals surface area contributed by atoms with Crippen molar-refractivity contribution in [3.63, 3.8) is 0 Å². The zero-order chi connectivity index (χ0) is 21.0. The molecule has 0 spiro atoms. The predicted octanol–water partition coefficient (Wildman–Crippen LogP) is 7.64. The summed E-state index contributed by atoms with van der Waals surface area (Å²) in [6, 6.07) is 0. The molecule has 0 aliphatic rings. The first-order chi connectivity index (χ1) is 11.5. The molecule has 0 N–H and O–H groups in total. The average molecular weight is 522 g/mol. The molecule has 0 fully saturated rings. The van der Waals surface area contributed by atoms with Crippen LogP contribution < -0.4 is 0 Å². The lowest BCUT2D eigenvalue weighted by Crippen LogP contribution is -2.67. The van der Waals surface area contributed by atoms with Gasteiger partial charge in [0.05, 0.1) is 0 Å². The van der Waals surface area contributed by atoms with Gasteiger partial charge in [-0.25, -0.2) is 4.39 Å². The van der Waals surface area contributed by atoms with Crippen molar-refractivity contribution in [2.75, 3.05) is 0 Å². The van der Waals surface area contributed by atoms with Crippen LogP contribution in [0.3, 0.4) is 0 Å². The first kappa shape index (κ1) is 26.0. The Kier molecular flexibility index (Phi) is 8.96. The summed E-state index contributed by atoms with van der Waals surface area (Å²) in [6.07, 6.45) is -13.1. The molecule has 0 saturated heterocycles. The topological polar surface area (TPSA) is 0 Å². The van der Waals surface area contributed by atoms with E-state index in [0.717, 1.165) is 35.4 Å². The fraction of sp³-hybridized carbons (Fsp3) is 1.00. The molecule has 0 saturated carbocycles. The number of alkyl halides is 12. The van der Waals surface area contributed by atoms with Crippen LogP contribution in [0, 0.1) is 0 Å². The standard InChI is InChI=1S/C14H18F11I/c1-2-3-4-5-6-7-9(26)8-10(15,13(20,21)22)11(16,17)12(18,19)14(23,24)25/h9H,2-8H2,1H3. The third kappa shape index (κ3) is 5.49. The minimum Gasteiger partial charge on any atom is -0.227 e. The Morgan fingerprint density at radius 2 is 1.12 bits per heavy atom. The molecule has 0 aromatic carbocycles. The van der Waals surface area contributed by atoms with Gasteiger partial charge < -0.3 is 0 Å². The molecule has 0 aliphatic carbocycles. The highest BCUT2D eigenvalue weighted by Gasteiger charge is 2.86. The van der Waals surface area contributed by atoms with Crippen molar-refractivity contribution in [1.82, 2.24) is 0 Å². The minimum atomic E-state index is -7.18. The second kappa shape index (κ2) is 8.97. The molecule has 0 aromatic rings.